The molecule has 1 unspecified atom stereocenters. The number of carboxylic acids is 1. The van der Waals surface area contributed by atoms with Crippen LogP contribution in [0.2, 0.25) is 0 Å². The summed E-state index contributed by atoms with van der Waals surface area (Å²) >= 11 is -2.40. The lowest BCUT2D eigenvalue weighted by molar-refractivity contribution is 0.0692. The topological polar surface area (TPSA) is 127 Å². The van der Waals surface area contributed by atoms with Crippen LogP contribution in [0.4, 0.5) is 11.4 Å². The summed E-state index contributed by atoms with van der Waals surface area (Å²) in [6.07, 6.45) is 0. The molecule has 0 saturated heterocycles. The number of carbonyl (C=O) groups is 1. The van der Waals surface area contributed by atoms with Gasteiger partial charge in [0.05, 0.1) is 21.8 Å². The van der Waals surface area contributed by atoms with Crippen molar-refractivity contribution in [1.82, 2.24) is 0 Å². The quantitative estimate of drug-likeness (QED) is 0.411. The molecule has 0 spiro atoms. The fraction of sp³-hybridized carbons (Fsp3) is 0. The van der Waals surface area contributed by atoms with Gasteiger partial charge in [-0.3, -0.25) is 0 Å². The van der Waals surface area contributed by atoms with E-state index in [0.29, 0.717) is 0 Å². The number of aromatic carboxylic acids is 1. The predicted octanol–water partition coefficient (Wildman–Crippen LogP) is 0.130. The number of nitrogen functional groups attached to an aromatic ring is 2. The minimum Gasteiger partial charge on any atom is -0.478 e. The third-order valence-corrected chi connectivity index (χ3v) is 2.32. The maximum atomic E-state index is 10.7. The van der Waals surface area contributed by atoms with Crippen LogP contribution in [0.25, 0.3) is 0 Å². The molecule has 0 aliphatic carbocycles. The molecule has 6 nitrogen and oxygen atoms in total. The van der Waals surface area contributed by atoms with Crippen LogP contribution in [0.5, 0.6) is 0 Å². The van der Waals surface area contributed by atoms with Crippen molar-refractivity contribution >= 4 is 28.4 Å². The van der Waals surface area contributed by atoms with E-state index in [1.165, 1.54) is 0 Å². The van der Waals surface area contributed by atoms with E-state index < -0.39 is 17.0 Å². The van der Waals surface area contributed by atoms with Crippen molar-refractivity contribution in [3.63, 3.8) is 0 Å². The van der Waals surface area contributed by atoms with Gasteiger partial charge in [-0.25, -0.2) is 9.00 Å². The zero-order valence-corrected chi connectivity index (χ0v) is 7.75. The highest BCUT2D eigenvalue weighted by atomic mass is 32.2. The normalized spacial score (nSPS) is 12.4. The minimum atomic E-state index is -2.40. The third kappa shape index (κ3) is 1.83. The number of carboxylic acid groups (broad SMARTS) is 1. The van der Waals surface area contributed by atoms with E-state index in [0.717, 1.165) is 12.1 Å². The molecule has 0 aliphatic rings. The first-order valence-electron chi connectivity index (χ1n) is 3.46. The second-order valence-corrected chi connectivity index (χ2v) is 3.47. The van der Waals surface area contributed by atoms with Crippen LogP contribution in [-0.2, 0) is 11.1 Å². The van der Waals surface area contributed by atoms with E-state index >= 15 is 0 Å². The van der Waals surface area contributed by atoms with E-state index in [1.807, 2.05) is 0 Å². The second kappa shape index (κ2) is 3.64. The molecule has 0 fully saturated rings. The number of rotatable bonds is 2. The summed E-state index contributed by atoms with van der Waals surface area (Å²) < 4.78 is 19.5. The van der Waals surface area contributed by atoms with Gasteiger partial charge in [0.25, 0.3) is 0 Å². The molecule has 1 atom stereocenters. The fourth-order valence-corrected chi connectivity index (χ4v) is 1.49. The molecule has 1 aromatic rings. The van der Waals surface area contributed by atoms with Crippen molar-refractivity contribution < 1.29 is 18.7 Å². The van der Waals surface area contributed by atoms with Crippen LogP contribution < -0.4 is 11.5 Å². The summed E-state index contributed by atoms with van der Waals surface area (Å²) in [5, 5.41) is 8.69. The number of hydrogen-bond donors (Lipinski definition) is 4. The van der Waals surface area contributed by atoms with Gasteiger partial charge in [-0.2, -0.15) is 0 Å². The summed E-state index contributed by atoms with van der Waals surface area (Å²) in [6.45, 7) is 0. The van der Waals surface area contributed by atoms with Crippen molar-refractivity contribution in [3.8, 4) is 0 Å². The Hall–Kier alpha value is -1.60. The first kappa shape index (κ1) is 10.5. The Labute approximate surface area is 81.8 Å². The smallest absolute Gasteiger partial charge is 0.337 e. The first-order chi connectivity index (χ1) is 6.43. The Kier molecular flexibility index (Phi) is 2.73. The number of nitrogens with two attached hydrogens (primary N) is 2. The zero-order valence-electron chi connectivity index (χ0n) is 6.93. The maximum Gasteiger partial charge on any atom is 0.337 e. The molecule has 76 valence electrons. The van der Waals surface area contributed by atoms with Crippen LogP contribution in [-0.4, -0.2) is 19.8 Å². The summed E-state index contributed by atoms with van der Waals surface area (Å²) in [6, 6.07) is 2.13. The molecule has 0 bridgehead atoms. The standard InChI is InChI=1S/C7H8N2O4S/c8-4-1-3(7(10)11)6(14(12)13)2-5(4)9/h1-2H,8-9H2,(H,10,11)(H,12,13). The fourth-order valence-electron chi connectivity index (χ4n) is 0.924. The summed E-state index contributed by atoms with van der Waals surface area (Å²) in [4.78, 5) is 10.4. The van der Waals surface area contributed by atoms with E-state index in [1.54, 1.807) is 0 Å². The van der Waals surface area contributed by atoms with Gasteiger partial charge in [-0.1, -0.05) is 0 Å². The van der Waals surface area contributed by atoms with Crippen molar-refractivity contribution in [2.75, 3.05) is 11.5 Å². The van der Waals surface area contributed by atoms with E-state index in [-0.39, 0.29) is 21.8 Å². The largest absolute Gasteiger partial charge is 0.478 e. The van der Waals surface area contributed by atoms with Crippen molar-refractivity contribution in [2.24, 2.45) is 0 Å². The highest BCUT2D eigenvalue weighted by molar-refractivity contribution is 7.79. The Balaban J connectivity index is 3.46. The second-order valence-electron chi connectivity index (χ2n) is 2.53. The van der Waals surface area contributed by atoms with Gasteiger partial charge in [0.15, 0.2) is 11.1 Å². The van der Waals surface area contributed by atoms with Crippen molar-refractivity contribution in [2.45, 2.75) is 4.90 Å². The van der Waals surface area contributed by atoms with Crippen LogP contribution >= 0.6 is 0 Å². The van der Waals surface area contributed by atoms with Crippen LogP contribution in [0.1, 0.15) is 10.4 Å². The first-order valence-corrected chi connectivity index (χ1v) is 4.57. The Morgan fingerprint density at radius 3 is 2.21 bits per heavy atom. The van der Waals surface area contributed by atoms with Gasteiger partial charge in [0.2, 0.25) is 0 Å². The molecule has 14 heavy (non-hydrogen) atoms. The van der Waals surface area contributed by atoms with Crippen LogP contribution in [0.15, 0.2) is 17.0 Å². The number of benzene rings is 1. The molecule has 0 radical (unpaired) electrons. The summed E-state index contributed by atoms with van der Waals surface area (Å²) in [5.74, 6) is -1.32. The van der Waals surface area contributed by atoms with E-state index in [4.69, 9.17) is 21.1 Å². The van der Waals surface area contributed by atoms with Gasteiger partial charge in [0, 0.05) is 0 Å². The molecule has 0 aliphatic heterocycles. The van der Waals surface area contributed by atoms with Gasteiger partial charge in [0.1, 0.15) is 0 Å². The summed E-state index contributed by atoms with van der Waals surface area (Å²) in [5.41, 5.74) is 10.5. The molecule has 0 aromatic heterocycles. The number of anilines is 2. The molecule has 0 amide bonds. The highest BCUT2D eigenvalue weighted by Crippen LogP contribution is 2.23. The minimum absolute atomic E-state index is 0.0663. The molecule has 1 rings (SSSR count). The average molecular weight is 216 g/mol. The molecule has 7 heteroatoms. The van der Waals surface area contributed by atoms with Crippen LogP contribution in [0, 0.1) is 0 Å². The molecule has 0 heterocycles. The van der Waals surface area contributed by atoms with Gasteiger partial charge in [-0.05, 0) is 12.1 Å². The van der Waals surface area contributed by atoms with Gasteiger partial charge in [-0.15, -0.1) is 0 Å². The SMILES string of the molecule is Nc1cc(C(=O)O)c(S(=O)O)cc1N. The van der Waals surface area contributed by atoms with Gasteiger partial charge < -0.3 is 21.1 Å². The molecule has 1 aromatic carbocycles. The lowest BCUT2D eigenvalue weighted by Crippen LogP contribution is -2.07. The monoisotopic (exact) mass is 216 g/mol. The predicted molar refractivity (Wildman–Crippen MR) is 51.3 cm³/mol. The zero-order chi connectivity index (χ0) is 10.9. The Morgan fingerprint density at radius 1 is 1.29 bits per heavy atom. The lowest BCUT2D eigenvalue weighted by atomic mass is 10.2. The lowest BCUT2D eigenvalue weighted by Gasteiger charge is -2.05. The molecule has 6 N–H and O–H groups in total. The Morgan fingerprint density at radius 2 is 1.79 bits per heavy atom. The Bertz CT molecular complexity index is 379. The van der Waals surface area contributed by atoms with Crippen LogP contribution in [0.3, 0.4) is 0 Å². The third-order valence-electron chi connectivity index (χ3n) is 1.60. The molecule has 0 saturated carbocycles. The maximum absolute atomic E-state index is 10.7. The number of hydrogen-bond acceptors (Lipinski definition) is 4. The van der Waals surface area contributed by atoms with Crippen molar-refractivity contribution in [1.29, 1.82) is 0 Å². The summed E-state index contributed by atoms with van der Waals surface area (Å²) in [7, 11) is 0. The van der Waals surface area contributed by atoms with Crippen molar-refractivity contribution in [3.05, 3.63) is 17.7 Å². The van der Waals surface area contributed by atoms with E-state index in [2.05, 4.69) is 0 Å². The average Bonchev–Trinajstić information content (AvgIpc) is 2.08. The van der Waals surface area contributed by atoms with E-state index in [9.17, 15) is 9.00 Å². The molecular formula is C7H8N2O4S. The van der Waals surface area contributed by atoms with Gasteiger partial charge >= 0.3 is 5.97 Å². The molecular weight excluding hydrogens is 208 g/mol. The highest BCUT2D eigenvalue weighted by Gasteiger charge is 2.16.